The molecule has 0 atom stereocenters. The number of hydrogen-bond donors (Lipinski definition) is 0. The molecule has 3 nitrogen and oxygen atoms in total. The third-order valence-corrected chi connectivity index (χ3v) is 3.51. The van der Waals surface area contributed by atoms with Crippen LogP contribution in [0.2, 0.25) is 0 Å². The zero-order valence-corrected chi connectivity index (χ0v) is 12.0. The van der Waals surface area contributed by atoms with Gasteiger partial charge in [0.1, 0.15) is 0 Å². The van der Waals surface area contributed by atoms with Crippen molar-refractivity contribution in [2.24, 2.45) is 0 Å². The number of pyridine rings is 1. The van der Waals surface area contributed by atoms with Crippen molar-refractivity contribution in [1.29, 1.82) is 0 Å². The van der Waals surface area contributed by atoms with Crippen LogP contribution < -0.4 is 0 Å². The maximum absolute atomic E-state index is 4.25. The lowest BCUT2D eigenvalue weighted by Gasteiger charge is -2.13. The second-order valence-corrected chi connectivity index (χ2v) is 5.29. The summed E-state index contributed by atoms with van der Waals surface area (Å²) in [7, 11) is 4.22. The molecule has 1 aromatic carbocycles. The number of para-hydroxylation sites is 1. The smallest absolute Gasteiger partial charge is 0.0642 e. The van der Waals surface area contributed by atoms with E-state index in [-0.39, 0.29) is 0 Å². The average molecular weight is 265 g/mol. The highest BCUT2D eigenvalue weighted by Gasteiger charge is 2.10. The summed E-state index contributed by atoms with van der Waals surface area (Å²) < 4.78 is 2.31. The Labute approximate surface area is 119 Å². The molecule has 0 aliphatic carbocycles. The lowest BCUT2D eigenvalue weighted by molar-refractivity contribution is 0.411. The number of fused-ring (bicyclic) bond motifs is 1. The maximum atomic E-state index is 4.25. The van der Waals surface area contributed by atoms with Crippen LogP contribution in [0.25, 0.3) is 16.6 Å². The van der Waals surface area contributed by atoms with E-state index in [1.807, 2.05) is 18.5 Å². The van der Waals surface area contributed by atoms with Crippen molar-refractivity contribution in [3.05, 3.63) is 60.6 Å². The van der Waals surface area contributed by atoms with Gasteiger partial charge in [-0.25, -0.2) is 0 Å². The normalized spacial score (nSPS) is 11.3. The Morgan fingerprint density at radius 3 is 2.70 bits per heavy atom. The molecule has 0 spiro atoms. The van der Waals surface area contributed by atoms with E-state index in [4.69, 9.17) is 0 Å². The largest absolute Gasteiger partial charge is 0.312 e. The Hall–Kier alpha value is -2.13. The van der Waals surface area contributed by atoms with Crippen LogP contribution >= 0.6 is 0 Å². The topological polar surface area (TPSA) is 21.1 Å². The molecule has 0 amide bonds. The number of nitrogens with zero attached hydrogens (tertiary/aromatic N) is 3. The molecule has 0 bridgehead atoms. The van der Waals surface area contributed by atoms with Gasteiger partial charge in [0, 0.05) is 30.2 Å². The van der Waals surface area contributed by atoms with Gasteiger partial charge in [-0.15, -0.1) is 0 Å². The Kier molecular flexibility index (Phi) is 3.52. The van der Waals surface area contributed by atoms with Crippen LogP contribution in [0.15, 0.2) is 54.9 Å². The Morgan fingerprint density at radius 1 is 1.10 bits per heavy atom. The molecule has 0 radical (unpaired) electrons. The fraction of sp³-hybridized carbons (Fsp3) is 0.235. The van der Waals surface area contributed by atoms with E-state index < -0.39 is 0 Å². The zero-order chi connectivity index (χ0) is 13.9. The zero-order valence-electron chi connectivity index (χ0n) is 12.0. The Balaban J connectivity index is 2.13. The van der Waals surface area contributed by atoms with Crippen LogP contribution in [0.1, 0.15) is 5.69 Å². The summed E-state index contributed by atoms with van der Waals surface area (Å²) in [5.41, 5.74) is 3.70. The minimum absolute atomic E-state index is 1.02. The van der Waals surface area contributed by atoms with Gasteiger partial charge in [0.25, 0.3) is 0 Å². The molecule has 0 aliphatic heterocycles. The monoisotopic (exact) mass is 265 g/mol. The predicted molar refractivity (Wildman–Crippen MR) is 83.3 cm³/mol. The number of likely N-dealkylation sites (N-methyl/N-ethyl adjacent to an activating group) is 1. The number of benzene rings is 1. The molecule has 102 valence electrons. The Morgan fingerprint density at radius 2 is 1.95 bits per heavy atom. The van der Waals surface area contributed by atoms with E-state index in [9.17, 15) is 0 Å². The number of hydrogen-bond acceptors (Lipinski definition) is 2. The van der Waals surface area contributed by atoms with E-state index in [1.54, 1.807) is 0 Å². The molecule has 3 aromatic rings. The van der Waals surface area contributed by atoms with Gasteiger partial charge in [-0.3, -0.25) is 4.98 Å². The fourth-order valence-electron chi connectivity index (χ4n) is 2.53. The van der Waals surface area contributed by atoms with Crippen LogP contribution in [0.4, 0.5) is 0 Å². The molecule has 2 aromatic heterocycles. The summed E-state index contributed by atoms with van der Waals surface area (Å²) in [6.45, 7) is 1.04. The summed E-state index contributed by atoms with van der Waals surface area (Å²) in [4.78, 5) is 6.47. The highest BCUT2D eigenvalue weighted by Crippen LogP contribution is 2.24. The molecule has 0 saturated carbocycles. The van der Waals surface area contributed by atoms with Gasteiger partial charge in [-0.2, -0.15) is 0 Å². The van der Waals surface area contributed by atoms with Crippen molar-refractivity contribution in [1.82, 2.24) is 14.5 Å². The average Bonchev–Trinajstić information content (AvgIpc) is 2.84. The van der Waals surface area contributed by atoms with Crippen LogP contribution in [0, 0.1) is 0 Å². The van der Waals surface area contributed by atoms with Gasteiger partial charge in [0.2, 0.25) is 0 Å². The molecule has 0 N–H and O–H groups in total. The van der Waals surface area contributed by atoms with E-state index in [2.05, 4.69) is 64.9 Å². The first-order valence-electron chi connectivity index (χ1n) is 6.90. The molecule has 3 rings (SSSR count). The molecule has 2 heterocycles. The van der Waals surface area contributed by atoms with Crippen molar-refractivity contribution in [2.75, 3.05) is 20.6 Å². The van der Waals surface area contributed by atoms with Crippen LogP contribution in [0.5, 0.6) is 0 Å². The van der Waals surface area contributed by atoms with Gasteiger partial charge < -0.3 is 9.47 Å². The predicted octanol–water partition coefficient (Wildman–Crippen LogP) is 3.13. The quantitative estimate of drug-likeness (QED) is 0.722. The molecule has 20 heavy (non-hydrogen) atoms. The molecule has 3 heteroatoms. The van der Waals surface area contributed by atoms with Gasteiger partial charge in [0.15, 0.2) is 0 Å². The first-order chi connectivity index (χ1) is 9.75. The van der Waals surface area contributed by atoms with Gasteiger partial charge in [-0.05, 0) is 38.4 Å². The van der Waals surface area contributed by atoms with Crippen LogP contribution in [-0.2, 0) is 6.42 Å². The summed E-state index contributed by atoms with van der Waals surface area (Å²) in [6, 6.07) is 14.9. The highest BCUT2D eigenvalue weighted by molar-refractivity contribution is 5.83. The van der Waals surface area contributed by atoms with Gasteiger partial charge in [-0.1, -0.05) is 18.2 Å². The first kappa shape index (κ1) is 12.9. The fourth-order valence-corrected chi connectivity index (χ4v) is 2.53. The lowest BCUT2D eigenvalue weighted by Crippen LogP contribution is -2.16. The molecule has 0 unspecified atom stereocenters. The Bertz CT molecular complexity index is 699. The standard InChI is InChI=1S/C17H19N3/c1-19(2)11-9-15-12-14-6-3-4-8-17(14)20(15)16-7-5-10-18-13-16/h3-8,10,12-13H,9,11H2,1-2H3. The minimum atomic E-state index is 1.02. The third kappa shape index (κ3) is 2.45. The molecular weight excluding hydrogens is 246 g/mol. The third-order valence-electron chi connectivity index (χ3n) is 3.51. The number of aromatic nitrogens is 2. The van der Waals surface area contributed by atoms with E-state index in [0.717, 1.165) is 18.7 Å². The molecule has 0 fully saturated rings. The molecular formula is C17H19N3. The SMILES string of the molecule is CN(C)CCc1cc2ccccc2n1-c1cccnc1. The second kappa shape index (κ2) is 5.47. The van der Waals surface area contributed by atoms with E-state index >= 15 is 0 Å². The second-order valence-electron chi connectivity index (χ2n) is 5.29. The summed E-state index contributed by atoms with van der Waals surface area (Å²) in [5, 5.41) is 1.28. The van der Waals surface area contributed by atoms with Gasteiger partial charge in [0.05, 0.1) is 17.4 Å². The summed E-state index contributed by atoms with van der Waals surface area (Å²) in [5.74, 6) is 0. The number of rotatable bonds is 4. The van der Waals surface area contributed by atoms with E-state index in [0.29, 0.717) is 0 Å². The highest BCUT2D eigenvalue weighted by atomic mass is 15.1. The molecule has 0 saturated heterocycles. The van der Waals surface area contributed by atoms with Crippen molar-refractivity contribution in [3.63, 3.8) is 0 Å². The van der Waals surface area contributed by atoms with E-state index in [1.165, 1.54) is 16.6 Å². The maximum Gasteiger partial charge on any atom is 0.0642 e. The lowest BCUT2D eigenvalue weighted by atomic mass is 10.2. The molecule has 0 aliphatic rings. The van der Waals surface area contributed by atoms with Crippen molar-refractivity contribution in [2.45, 2.75) is 6.42 Å². The summed E-state index contributed by atoms with van der Waals surface area (Å²) >= 11 is 0. The van der Waals surface area contributed by atoms with Crippen molar-refractivity contribution >= 4 is 10.9 Å². The van der Waals surface area contributed by atoms with Crippen molar-refractivity contribution in [3.8, 4) is 5.69 Å². The first-order valence-corrected chi connectivity index (χ1v) is 6.90. The summed E-state index contributed by atoms with van der Waals surface area (Å²) in [6.07, 6.45) is 4.76. The van der Waals surface area contributed by atoms with Crippen LogP contribution in [-0.4, -0.2) is 35.1 Å². The van der Waals surface area contributed by atoms with Crippen molar-refractivity contribution < 1.29 is 0 Å². The van der Waals surface area contributed by atoms with Gasteiger partial charge >= 0.3 is 0 Å². The minimum Gasteiger partial charge on any atom is -0.312 e. The van der Waals surface area contributed by atoms with Crippen LogP contribution in [0.3, 0.4) is 0 Å².